The molecule has 0 atom stereocenters. The summed E-state index contributed by atoms with van der Waals surface area (Å²) in [6, 6.07) is 6.60. The minimum Gasteiger partial charge on any atom is -0.309 e. The maximum atomic E-state index is 5.27. The van der Waals surface area contributed by atoms with Gasteiger partial charge in [0, 0.05) is 19.1 Å². The van der Waals surface area contributed by atoms with Gasteiger partial charge < -0.3 is 5.32 Å². The summed E-state index contributed by atoms with van der Waals surface area (Å²) in [5.41, 5.74) is 2.14. The maximum absolute atomic E-state index is 5.27. The van der Waals surface area contributed by atoms with Crippen LogP contribution in [0, 0.1) is 12.3 Å². The van der Waals surface area contributed by atoms with E-state index < -0.39 is 0 Å². The molecule has 3 nitrogen and oxygen atoms in total. The number of rotatable bonds is 6. The molecule has 1 aromatic heterocycles. The van der Waals surface area contributed by atoms with Gasteiger partial charge in [-0.15, -0.1) is 6.42 Å². The van der Waals surface area contributed by atoms with Crippen LogP contribution in [0.3, 0.4) is 0 Å². The summed E-state index contributed by atoms with van der Waals surface area (Å²) in [5, 5.41) is 3.36. The lowest BCUT2D eigenvalue weighted by Gasteiger charge is -2.13. The summed E-state index contributed by atoms with van der Waals surface area (Å²) >= 11 is 0. The molecule has 0 fully saturated rings. The van der Waals surface area contributed by atoms with Crippen LogP contribution in [-0.4, -0.2) is 29.5 Å². The van der Waals surface area contributed by atoms with Crippen LogP contribution in [0.2, 0.25) is 0 Å². The van der Waals surface area contributed by atoms with Crippen molar-refractivity contribution in [2.75, 3.05) is 13.6 Å². The number of hydrogen-bond acceptors (Lipinski definition) is 3. The van der Waals surface area contributed by atoms with E-state index in [0.717, 1.165) is 24.5 Å². The van der Waals surface area contributed by atoms with Gasteiger partial charge in [-0.05, 0) is 19.2 Å². The first-order chi connectivity index (χ1) is 8.11. The number of nitrogens with one attached hydrogen (secondary N) is 1. The molecule has 0 unspecified atom stereocenters. The lowest BCUT2D eigenvalue weighted by molar-refractivity contribution is 0.363. The van der Waals surface area contributed by atoms with Gasteiger partial charge in [0.05, 0.1) is 17.9 Å². The average molecular weight is 231 g/mol. The van der Waals surface area contributed by atoms with Crippen molar-refractivity contribution in [2.24, 2.45) is 0 Å². The number of hydrogen-bond donors (Lipinski definition) is 1. The van der Waals surface area contributed by atoms with E-state index in [0.29, 0.717) is 12.6 Å². The fraction of sp³-hybridized carbons (Fsp3) is 0.500. The predicted molar refractivity (Wildman–Crippen MR) is 71.4 cm³/mol. The zero-order valence-corrected chi connectivity index (χ0v) is 10.9. The van der Waals surface area contributed by atoms with E-state index in [2.05, 4.69) is 35.0 Å². The number of pyridine rings is 1. The van der Waals surface area contributed by atoms with E-state index in [1.54, 1.807) is 0 Å². The maximum Gasteiger partial charge on any atom is 0.0599 e. The molecule has 17 heavy (non-hydrogen) atoms. The molecule has 1 heterocycles. The van der Waals surface area contributed by atoms with Gasteiger partial charge in [-0.3, -0.25) is 9.88 Å². The molecular weight excluding hydrogens is 210 g/mol. The monoisotopic (exact) mass is 231 g/mol. The van der Waals surface area contributed by atoms with Crippen molar-refractivity contribution in [1.29, 1.82) is 0 Å². The van der Waals surface area contributed by atoms with Crippen molar-refractivity contribution < 1.29 is 0 Å². The molecule has 3 heteroatoms. The highest BCUT2D eigenvalue weighted by molar-refractivity contribution is 5.11. The molecular formula is C14H21N3. The molecule has 0 aliphatic rings. The first-order valence-electron chi connectivity index (χ1n) is 5.92. The molecule has 0 saturated heterocycles. The third-order valence-corrected chi connectivity index (χ3v) is 2.35. The molecule has 0 bridgehead atoms. The van der Waals surface area contributed by atoms with Crippen LogP contribution in [0.5, 0.6) is 0 Å². The van der Waals surface area contributed by atoms with E-state index in [1.807, 2.05) is 25.2 Å². The van der Waals surface area contributed by atoms with Gasteiger partial charge in [0.15, 0.2) is 0 Å². The van der Waals surface area contributed by atoms with Crippen LogP contribution in [0.4, 0.5) is 0 Å². The minimum absolute atomic E-state index is 0.476. The van der Waals surface area contributed by atoms with Gasteiger partial charge in [0.1, 0.15) is 0 Å². The van der Waals surface area contributed by atoms with Crippen LogP contribution in [0.15, 0.2) is 18.2 Å². The van der Waals surface area contributed by atoms with Crippen LogP contribution >= 0.6 is 0 Å². The van der Waals surface area contributed by atoms with E-state index in [9.17, 15) is 0 Å². The van der Waals surface area contributed by atoms with E-state index in [1.165, 1.54) is 0 Å². The highest BCUT2D eigenvalue weighted by Gasteiger charge is 2.02. The molecule has 0 aromatic carbocycles. The quantitative estimate of drug-likeness (QED) is 0.755. The minimum atomic E-state index is 0.476. The Morgan fingerprint density at radius 2 is 2.12 bits per heavy atom. The Morgan fingerprint density at radius 1 is 1.41 bits per heavy atom. The number of nitrogens with zero attached hydrogens (tertiary/aromatic N) is 2. The molecule has 1 N–H and O–H groups in total. The molecule has 0 radical (unpaired) electrons. The van der Waals surface area contributed by atoms with Gasteiger partial charge in [0.2, 0.25) is 0 Å². The topological polar surface area (TPSA) is 28.2 Å². The largest absolute Gasteiger partial charge is 0.309 e. The molecule has 0 saturated carbocycles. The standard InChI is InChI=1S/C14H21N3/c1-5-9-17(4)11-14-8-6-7-13(16-14)10-15-12(2)3/h1,6-8,12,15H,9-11H2,2-4H3. The Labute approximate surface area is 104 Å². The van der Waals surface area contributed by atoms with Crippen LogP contribution in [-0.2, 0) is 13.1 Å². The Hall–Kier alpha value is -1.37. The van der Waals surface area contributed by atoms with E-state index in [4.69, 9.17) is 6.42 Å². The van der Waals surface area contributed by atoms with Crippen molar-refractivity contribution in [3.8, 4) is 12.3 Å². The summed E-state index contributed by atoms with van der Waals surface area (Å²) in [6.07, 6.45) is 5.27. The van der Waals surface area contributed by atoms with Gasteiger partial charge >= 0.3 is 0 Å². The van der Waals surface area contributed by atoms with E-state index >= 15 is 0 Å². The number of aromatic nitrogens is 1. The first kappa shape index (κ1) is 13.7. The Kier molecular flexibility index (Phi) is 5.68. The van der Waals surface area contributed by atoms with Crippen molar-refractivity contribution in [1.82, 2.24) is 15.2 Å². The fourth-order valence-electron chi connectivity index (χ4n) is 1.51. The fourth-order valence-corrected chi connectivity index (χ4v) is 1.51. The summed E-state index contributed by atoms with van der Waals surface area (Å²) in [6.45, 7) is 6.51. The van der Waals surface area contributed by atoms with Gasteiger partial charge in [-0.1, -0.05) is 25.8 Å². The second kappa shape index (κ2) is 7.05. The van der Waals surface area contributed by atoms with E-state index in [-0.39, 0.29) is 0 Å². The van der Waals surface area contributed by atoms with Crippen LogP contribution in [0.25, 0.3) is 0 Å². The van der Waals surface area contributed by atoms with Gasteiger partial charge in [-0.2, -0.15) is 0 Å². The Morgan fingerprint density at radius 3 is 2.76 bits per heavy atom. The molecule has 0 amide bonds. The average Bonchev–Trinajstić information content (AvgIpc) is 2.27. The van der Waals surface area contributed by atoms with Crippen molar-refractivity contribution >= 4 is 0 Å². The lowest BCUT2D eigenvalue weighted by atomic mass is 10.2. The van der Waals surface area contributed by atoms with Gasteiger partial charge in [0.25, 0.3) is 0 Å². The second-order valence-electron chi connectivity index (χ2n) is 4.53. The summed E-state index contributed by atoms with van der Waals surface area (Å²) < 4.78 is 0. The Balaban J connectivity index is 2.56. The highest BCUT2D eigenvalue weighted by Crippen LogP contribution is 2.02. The predicted octanol–water partition coefficient (Wildman–Crippen LogP) is 1.64. The molecule has 92 valence electrons. The SMILES string of the molecule is C#CCN(C)Cc1cccc(CNC(C)C)n1. The molecule has 1 rings (SSSR count). The molecule has 0 aliphatic carbocycles. The summed E-state index contributed by atoms with van der Waals surface area (Å²) in [7, 11) is 2.00. The lowest BCUT2D eigenvalue weighted by Crippen LogP contribution is -2.23. The second-order valence-corrected chi connectivity index (χ2v) is 4.53. The van der Waals surface area contributed by atoms with Crippen molar-refractivity contribution in [2.45, 2.75) is 33.0 Å². The van der Waals surface area contributed by atoms with Crippen LogP contribution < -0.4 is 5.32 Å². The Bertz CT molecular complexity index is 379. The summed E-state index contributed by atoms with van der Waals surface area (Å²) in [5.74, 6) is 2.63. The number of terminal acetylenes is 1. The normalized spacial score (nSPS) is 10.8. The zero-order valence-electron chi connectivity index (χ0n) is 10.9. The summed E-state index contributed by atoms with van der Waals surface area (Å²) in [4.78, 5) is 6.67. The smallest absolute Gasteiger partial charge is 0.0599 e. The van der Waals surface area contributed by atoms with Crippen molar-refractivity contribution in [3.05, 3.63) is 29.6 Å². The van der Waals surface area contributed by atoms with Crippen molar-refractivity contribution in [3.63, 3.8) is 0 Å². The molecule has 0 aliphatic heterocycles. The molecule has 1 aromatic rings. The first-order valence-corrected chi connectivity index (χ1v) is 5.92. The third kappa shape index (κ3) is 5.48. The van der Waals surface area contributed by atoms with Crippen LogP contribution in [0.1, 0.15) is 25.2 Å². The third-order valence-electron chi connectivity index (χ3n) is 2.35. The highest BCUT2D eigenvalue weighted by atomic mass is 15.1. The zero-order chi connectivity index (χ0) is 12.7. The van der Waals surface area contributed by atoms with Gasteiger partial charge in [-0.25, -0.2) is 0 Å². The molecule has 0 spiro atoms.